The summed E-state index contributed by atoms with van der Waals surface area (Å²) >= 11 is 0. The van der Waals surface area contributed by atoms with E-state index in [1.54, 1.807) is 0 Å². The predicted molar refractivity (Wildman–Crippen MR) is 126 cm³/mol. The Bertz CT molecular complexity index is 919. The Morgan fingerprint density at radius 3 is 1.97 bits per heavy atom. The van der Waals surface area contributed by atoms with Gasteiger partial charge in [0.1, 0.15) is 0 Å². The van der Waals surface area contributed by atoms with E-state index in [1.165, 1.54) is 10.5 Å². The molecule has 1 aliphatic rings. The molecule has 1 fully saturated rings. The summed E-state index contributed by atoms with van der Waals surface area (Å²) < 4.78 is 0. The summed E-state index contributed by atoms with van der Waals surface area (Å²) in [5, 5.41) is 9.10. The monoisotopic (exact) mass is 423 g/mol. The third-order valence-corrected chi connectivity index (χ3v) is 5.86. The lowest BCUT2D eigenvalue weighted by Gasteiger charge is -2.29. The van der Waals surface area contributed by atoms with E-state index in [2.05, 4.69) is 41.1 Å². The number of hydrogen-bond acceptors (Lipinski definition) is 2. The molecule has 0 spiro atoms. The van der Waals surface area contributed by atoms with E-state index < -0.39 is 0 Å². The second-order valence-electron chi connectivity index (χ2n) is 9.00. The van der Waals surface area contributed by atoms with Crippen LogP contribution in [0.3, 0.4) is 0 Å². The van der Waals surface area contributed by atoms with Gasteiger partial charge in [-0.3, -0.25) is 4.79 Å². The van der Waals surface area contributed by atoms with Crippen molar-refractivity contribution in [3.63, 3.8) is 0 Å². The highest BCUT2D eigenvalue weighted by Gasteiger charge is 2.25. The third-order valence-electron chi connectivity index (χ3n) is 5.86. The summed E-state index contributed by atoms with van der Waals surface area (Å²) in [5.74, 6) is 0.0454. The standard InChI is InChI=1S/C25H34N4O2/c1-16-10-17(2)14-22(13-16)27-25(31)26-21-6-8-29(9-7-21)15-23(30)28-24-19(4)11-18(3)12-20(24)5/h10-14,21H,6-9,15H2,1-5H3,(H,28,30)(H2,26,27,31)/p+1. The average molecular weight is 424 g/mol. The van der Waals surface area contributed by atoms with Crippen molar-refractivity contribution >= 4 is 23.3 Å². The lowest BCUT2D eigenvalue weighted by atomic mass is 10.0. The number of amides is 3. The van der Waals surface area contributed by atoms with Crippen molar-refractivity contribution in [3.05, 3.63) is 58.1 Å². The number of hydrogen-bond donors (Lipinski definition) is 4. The third kappa shape index (κ3) is 6.56. The van der Waals surface area contributed by atoms with Gasteiger partial charge in [0.2, 0.25) is 0 Å². The molecule has 0 saturated carbocycles. The van der Waals surface area contributed by atoms with Crippen LogP contribution >= 0.6 is 0 Å². The maximum atomic E-state index is 12.6. The first-order valence-electron chi connectivity index (χ1n) is 11.1. The highest BCUT2D eigenvalue weighted by Crippen LogP contribution is 2.21. The normalized spacial score (nSPS) is 18.4. The van der Waals surface area contributed by atoms with Crippen molar-refractivity contribution < 1.29 is 14.5 Å². The van der Waals surface area contributed by atoms with Crippen LogP contribution in [-0.4, -0.2) is 37.6 Å². The van der Waals surface area contributed by atoms with Crippen molar-refractivity contribution in [1.29, 1.82) is 0 Å². The lowest BCUT2D eigenvalue weighted by Crippen LogP contribution is -3.14. The first-order chi connectivity index (χ1) is 14.7. The number of urea groups is 1. The Morgan fingerprint density at radius 2 is 1.39 bits per heavy atom. The van der Waals surface area contributed by atoms with Gasteiger partial charge < -0.3 is 20.9 Å². The minimum Gasteiger partial charge on any atom is -0.335 e. The molecule has 31 heavy (non-hydrogen) atoms. The fourth-order valence-corrected chi connectivity index (χ4v) is 4.53. The van der Waals surface area contributed by atoms with E-state index in [9.17, 15) is 9.59 Å². The van der Waals surface area contributed by atoms with Crippen molar-refractivity contribution in [2.24, 2.45) is 0 Å². The number of anilines is 2. The molecule has 0 aliphatic carbocycles. The van der Waals surface area contributed by atoms with Gasteiger partial charge in [-0.05, 0) is 69.0 Å². The quantitative estimate of drug-likeness (QED) is 0.597. The minimum absolute atomic E-state index is 0.0454. The molecule has 1 heterocycles. The minimum atomic E-state index is -0.165. The molecule has 0 radical (unpaired) electrons. The molecule has 2 aromatic carbocycles. The topological polar surface area (TPSA) is 74.7 Å². The number of carbonyl (C=O) groups excluding carboxylic acids is 2. The molecule has 0 aromatic heterocycles. The van der Waals surface area contributed by atoms with E-state index in [0.717, 1.165) is 59.6 Å². The van der Waals surface area contributed by atoms with E-state index in [0.29, 0.717) is 6.54 Å². The molecule has 6 nitrogen and oxygen atoms in total. The molecule has 1 saturated heterocycles. The molecular formula is C25H35N4O2+. The molecule has 1 aliphatic heterocycles. The number of nitrogens with one attached hydrogen (secondary N) is 4. The summed E-state index contributed by atoms with van der Waals surface area (Å²) in [7, 11) is 0. The van der Waals surface area contributed by atoms with Gasteiger partial charge in [-0.15, -0.1) is 0 Å². The second-order valence-corrected chi connectivity index (χ2v) is 9.00. The van der Waals surface area contributed by atoms with Crippen LogP contribution in [0.2, 0.25) is 0 Å². The largest absolute Gasteiger partial charge is 0.335 e. The Balaban J connectivity index is 1.44. The Kier molecular flexibility index (Phi) is 7.33. The van der Waals surface area contributed by atoms with Gasteiger partial charge in [-0.25, -0.2) is 4.79 Å². The number of piperidine rings is 1. The van der Waals surface area contributed by atoms with Crippen LogP contribution in [0.25, 0.3) is 0 Å². The van der Waals surface area contributed by atoms with Gasteiger partial charge in [0.25, 0.3) is 5.91 Å². The number of quaternary nitrogens is 1. The summed E-state index contributed by atoms with van der Waals surface area (Å²) in [4.78, 5) is 26.2. The second kappa shape index (κ2) is 9.96. The van der Waals surface area contributed by atoms with E-state index >= 15 is 0 Å². The highest BCUT2D eigenvalue weighted by molar-refractivity contribution is 5.93. The molecule has 0 bridgehead atoms. The Hall–Kier alpha value is -2.86. The van der Waals surface area contributed by atoms with Crippen LogP contribution in [-0.2, 0) is 4.79 Å². The van der Waals surface area contributed by atoms with Crippen molar-refractivity contribution in [1.82, 2.24) is 5.32 Å². The first-order valence-corrected chi connectivity index (χ1v) is 11.1. The molecule has 0 unspecified atom stereocenters. The molecule has 6 heteroatoms. The molecule has 2 aromatic rings. The summed E-state index contributed by atoms with van der Waals surface area (Å²) in [6, 6.07) is 10.2. The number of likely N-dealkylation sites (tertiary alicyclic amines) is 1. The van der Waals surface area contributed by atoms with Gasteiger partial charge in [0.15, 0.2) is 6.54 Å². The van der Waals surface area contributed by atoms with Crippen molar-refractivity contribution in [2.75, 3.05) is 30.3 Å². The van der Waals surface area contributed by atoms with Gasteiger partial charge in [0, 0.05) is 30.3 Å². The van der Waals surface area contributed by atoms with Crippen molar-refractivity contribution in [3.8, 4) is 0 Å². The van der Waals surface area contributed by atoms with Crippen LogP contribution in [0.4, 0.5) is 16.2 Å². The van der Waals surface area contributed by atoms with E-state index in [4.69, 9.17) is 0 Å². The maximum Gasteiger partial charge on any atom is 0.319 e. The Morgan fingerprint density at radius 1 is 0.839 bits per heavy atom. The van der Waals surface area contributed by atoms with Gasteiger partial charge in [0.05, 0.1) is 13.1 Å². The zero-order valence-corrected chi connectivity index (χ0v) is 19.3. The summed E-state index contributed by atoms with van der Waals surface area (Å²) in [6.07, 6.45) is 1.73. The summed E-state index contributed by atoms with van der Waals surface area (Å²) in [5.41, 5.74) is 7.39. The number of rotatable bonds is 5. The van der Waals surface area contributed by atoms with Crippen LogP contribution in [0.15, 0.2) is 30.3 Å². The van der Waals surface area contributed by atoms with Crippen LogP contribution < -0.4 is 20.9 Å². The average Bonchev–Trinajstić information content (AvgIpc) is 2.65. The van der Waals surface area contributed by atoms with Crippen LogP contribution in [0, 0.1) is 34.6 Å². The molecular weight excluding hydrogens is 388 g/mol. The first kappa shape index (κ1) is 22.8. The van der Waals surface area contributed by atoms with E-state index in [-0.39, 0.29) is 18.0 Å². The van der Waals surface area contributed by atoms with Gasteiger partial charge in [-0.2, -0.15) is 0 Å². The highest BCUT2D eigenvalue weighted by atomic mass is 16.2. The molecule has 166 valence electrons. The fraction of sp³-hybridized carbons (Fsp3) is 0.440. The summed E-state index contributed by atoms with van der Waals surface area (Å²) in [6.45, 7) is 12.4. The predicted octanol–water partition coefficient (Wildman–Crippen LogP) is 3.04. The van der Waals surface area contributed by atoms with Crippen LogP contribution in [0.1, 0.15) is 40.7 Å². The lowest BCUT2D eigenvalue weighted by molar-refractivity contribution is -0.897. The maximum absolute atomic E-state index is 12.6. The van der Waals surface area contributed by atoms with Gasteiger partial charge >= 0.3 is 6.03 Å². The smallest absolute Gasteiger partial charge is 0.319 e. The molecule has 3 amide bonds. The molecule has 0 atom stereocenters. The van der Waals surface area contributed by atoms with Gasteiger partial charge in [-0.1, -0.05) is 23.8 Å². The zero-order chi connectivity index (χ0) is 22.5. The number of benzene rings is 2. The number of carbonyl (C=O) groups is 2. The molecule has 4 N–H and O–H groups in total. The Labute approximate surface area is 185 Å². The number of aryl methyl sites for hydroxylation is 5. The zero-order valence-electron chi connectivity index (χ0n) is 19.3. The molecule has 3 rings (SSSR count). The fourth-order valence-electron chi connectivity index (χ4n) is 4.53. The van der Waals surface area contributed by atoms with Crippen molar-refractivity contribution in [2.45, 2.75) is 53.5 Å². The van der Waals surface area contributed by atoms with E-state index in [1.807, 2.05) is 39.8 Å². The van der Waals surface area contributed by atoms with Crippen LogP contribution in [0.5, 0.6) is 0 Å². The SMILES string of the molecule is Cc1cc(C)cc(NC(=O)NC2CC[NH+](CC(=O)Nc3c(C)cc(C)cc3C)CC2)c1.